The Kier molecular flexibility index (Phi) is 25.1. The van der Waals surface area contributed by atoms with E-state index in [1.165, 1.54) is 47.4 Å². The summed E-state index contributed by atoms with van der Waals surface area (Å²) in [5.41, 5.74) is 1.72. The second kappa shape index (κ2) is 32.7. The molecule has 20 heteroatoms. The first-order valence-corrected chi connectivity index (χ1v) is 28.4. The smallest absolute Gasteiger partial charge is 0.410 e. The molecule has 2 aliphatic heterocycles. The van der Waals surface area contributed by atoms with Crippen LogP contribution in [-0.2, 0) is 78.4 Å². The van der Waals surface area contributed by atoms with Gasteiger partial charge in [0.15, 0.2) is 6.10 Å². The van der Waals surface area contributed by atoms with Gasteiger partial charge in [-0.05, 0) is 121 Å². The lowest BCUT2D eigenvalue weighted by Gasteiger charge is -2.32. The summed E-state index contributed by atoms with van der Waals surface area (Å²) in [6.07, 6.45) is -1.44. The molecule has 0 unspecified atom stereocenters. The number of carbonyl (C=O) groups is 6. The van der Waals surface area contributed by atoms with E-state index in [1.54, 1.807) is 41.5 Å². The van der Waals surface area contributed by atoms with Gasteiger partial charge in [0.2, 0.25) is 6.10 Å². The second-order valence-electron chi connectivity index (χ2n) is 24.0. The molecule has 18 nitrogen and oxygen atoms in total. The number of amides is 2. The van der Waals surface area contributed by atoms with Gasteiger partial charge in [-0.3, -0.25) is 9.80 Å². The largest absolute Gasteiger partial charge is 0.480 e. The number of hydrogen-bond acceptors (Lipinski definition) is 15. The molecule has 0 radical (unpaired) electrons. The number of esters is 3. The SMILES string of the molecule is CN(C(=O)OC(C)(C)C)[C@@H](CC(C)(C)F)C(=O)O.CN(C(=O)OC(C)(C)C)[C@@H](CC(C)(C)F)C(=O)O[C@H](Cc1ccc(N2CCOCC2)cc1)C(=O)OCc1ccccc1.O=C(OCc1ccccc1)[C@H](O)Cc1ccc(C2=CCOCC2)cc1.[2H][2H].[2H][2H].[2H][2H]. The third kappa shape index (κ3) is 26.6. The number of aliphatic hydroxyl groups excluding tert-OH is 1. The molecule has 472 valence electrons. The van der Waals surface area contributed by atoms with E-state index in [9.17, 15) is 42.7 Å². The highest BCUT2D eigenvalue weighted by Gasteiger charge is 2.39. The van der Waals surface area contributed by atoms with Crippen molar-refractivity contribution in [2.45, 2.75) is 161 Å². The van der Waals surface area contributed by atoms with Crippen molar-refractivity contribution in [2.75, 3.05) is 58.5 Å². The Morgan fingerprint density at radius 2 is 1.06 bits per heavy atom. The van der Waals surface area contributed by atoms with Crippen LogP contribution in [-0.4, -0.2) is 157 Å². The Bertz CT molecular complexity index is 2800. The zero-order valence-corrected chi connectivity index (χ0v) is 51.3. The van der Waals surface area contributed by atoms with Gasteiger partial charge in [-0.1, -0.05) is 103 Å². The van der Waals surface area contributed by atoms with Crippen LogP contribution in [0.4, 0.5) is 24.1 Å². The van der Waals surface area contributed by atoms with E-state index in [0.717, 1.165) is 69.4 Å². The van der Waals surface area contributed by atoms with Crippen LogP contribution in [0.25, 0.3) is 5.57 Å². The van der Waals surface area contributed by atoms with Crippen molar-refractivity contribution in [3.05, 3.63) is 143 Å². The van der Waals surface area contributed by atoms with Gasteiger partial charge in [0, 0.05) is 67.5 Å². The van der Waals surface area contributed by atoms with Crippen molar-refractivity contribution in [3.8, 4) is 0 Å². The summed E-state index contributed by atoms with van der Waals surface area (Å²) in [6.45, 7) is 19.7. The van der Waals surface area contributed by atoms with E-state index in [4.69, 9.17) is 47.2 Å². The Hall–Kier alpha value is -7.42. The molecule has 0 spiro atoms. The summed E-state index contributed by atoms with van der Waals surface area (Å²) >= 11 is 0. The molecular weight excluding hydrogens is 1100 g/mol. The Labute approximate surface area is 508 Å². The lowest BCUT2D eigenvalue weighted by atomic mass is 9.99. The molecule has 0 aliphatic carbocycles. The van der Waals surface area contributed by atoms with Gasteiger partial charge in [0.05, 0.1) is 26.4 Å². The number of ether oxygens (including phenoxy) is 7. The maximum Gasteiger partial charge on any atom is 0.410 e. The summed E-state index contributed by atoms with van der Waals surface area (Å²) in [5.74, 6) is -3.53. The van der Waals surface area contributed by atoms with Crippen LogP contribution in [0.15, 0.2) is 115 Å². The number of hydrogen-bond donors (Lipinski definition) is 2. The highest BCUT2D eigenvalue weighted by Crippen LogP contribution is 2.26. The quantitative estimate of drug-likeness (QED) is 0.0586. The van der Waals surface area contributed by atoms with E-state index < -0.39 is 82.9 Å². The van der Waals surface area contributed by atoms with Crippen LogP contribution >= 0.6 is 0 Å². The normalized spacial score (nSPS) is 15.3. The second-order valence-corrected chi connectivity index (χ2v) is 24.0. The fourth-order valence-electron chi connectivity index (χ4n) is 8.48. The molecule has 4 aromatic carbocycles. The van der Waals surface area contributed by atoms with Crippen LogP contribution in [0.5, 0.6) is 0 Å². The molecule has 1 saturated heterocycles. The average Bonchev–Trinajstić information content (AvgIpc) is 1.24. The Balaban J connectivity index is 0.000000716. The summed E-state index contributed by atoms with van der Waals surface area (Å²) < 4.78 is 95.9. The number of morpholine rings is 1. The van der Waals surface area contributed by atoms with Gasteiger partial charge in [-0.2, -0.15) is 0 Å². The average molecular weight is 1200 g/mol. The number of benzene rings is 4. The predicted octanol–water partition coefficient (Wildman–Crippen LogP) is 11.4. The van der Waals surface area contributed by atoms with Crippen molar-refractivity contribution in [1.29, 1.82) is 0 Å². The number of carboxylic acids is 1. The third-order valence-electron chi connectivity index (χ3n) is 12.9. The van der Waals surface area contributed by atoms with Crippen LogP contribution < -0.4 is 4.90 Å². The number of alkyl halides is 2. The summed E-state index contributed by atoms with van der Waals surface area (Å²) in [7, 11) is 2.64. The van der Waals surface area contributed by atoms with E-state index in [2.05, 4.69) is 11.0 Å². The van der Waals surface area contributed by atoms with Crippen LogP contribution in [0.2, 0.25) is 0 Å². The Morgan fingerprint density at radius 1 is 0.600 bits per heavy atom. The van der Waals surface area contributed by atoms with Gasteiger partial charge in [-0.25, -0.2) is 37.5 Å². The zero-order valence-electron chi connectivity index (χ0n) is 57.3. The standard InChI is InChI=1S/C32H43FN2O7.C21H22O4.C12H22FNO4.3H2/c1-31(2,3)42-30(38)34(6)26(21-32(4,5)33)28(36)41-27(29(37)40-22-24-10-8-7-9-11-24)20-23-12-14-25(15-13-23)35-16-18-39-19-17-35;22-20(21(23)25-15-17-4-2-1-3-5-17)14-16-6-8-18(9-7-16)19-10-12-24-13-11-19;1-11(2,3)18-10(17)14(6)8(9(15)16)7-12(4,5)13;;;/h7-15,26-27H,16-22H2,1-6H3;1-10,20,22H,11-15H2;8H,7H2,1-6H3,(H,15,16);3*1H/t26-,27+;20-;8-;;;/m010.../s1/i;;;3*1+1D. The first kappa shape index (κ1) is 65.1. The summed E-state index contributed by atoms with van der Waals surface area (Å²) in [4.78, 5) is 78.4. The van der Waals surface area contributed by atoms with Crippen molar-refractivity contribution in [1.82, 2.24) is 9.80 Å². The van der Waals surface area contributed by atoms with Crippen LogP contribution in [0.3, 0.4) is 0 Å². The van der Waals surface area contributed by atoms with Gasteiger partial charge in [-0.15, -0.1) is 0 Å². The van der Waals surface area contributed by atoms with E-state index in [0.29, 0.717) is 19.8 Å². The highest BCUT2D eigenvalue weighted by atomic mass is 19.1. The molecule has 2 N–H and O–H groups in total. The highest BCUT2D eigenvalue weighted by molar-refractivity contribution is 5.85. The number of halogens is 2. The Morgan fingerprint density at radius 3 is 1.52 bits per heavy atom. The van der Waals surface area contributed by atoms with Crippen molar-refractivity contribution >= 4 is 47.3 Å². The number of aliphatic carboxylic acids is 1. The van der Waals surface area contributed by atoms with Gasteiger partial charge < -0.3 is 48.3 Å². The summed E-state index contributed by atoms with van der Waals surface area (Å²) in [5, 5.41) is 19.1. The molecule has 0 aromatic heterocycles. The van der Waals surface area contributed by atoms with Gasteiger partial charge >= 0.3 is 36.1 Å². The van der Waals surface area contributed by atoms with Crippen molar-refractivity contribution < 1.29 is 89.8 Å². The minimum Gasteiger partial charge on any atom is -0.480 e. The zero-order chi connectivity index (χ0) is 69.1. The fraction of sp³-hybridized carbons (Fsp3) is 0.508. The monoisotopic (exact) mass is 1200 g/mol. The topological polar surface area (TPSA) is 217 Å². The summed E-state index contributed by atoms with van der Waals surface area (Å²) in [6, 6.07) is 31.5. The van der Waals surface area contributed by atoms with Crippen LogP contribution in [0, 0.1) is 0 Å². The maximum absolute atomic E-state index is 14.8. The molecule has 0 saturated carbocycles. The molecule has 0 bridgehead atoms. The maximum atomic E-state index is 14.8. The first-order valence-electron chi connectivity index (χ1n) is 31.4. The van der Waals surface area contributed by atoms with Crippen LogP contribution in [0.1, 0.15) is 125 Å². The minimum atomic E-state index is -1.82. The number of carboxylic acid groups (broad SMARTS) is 1. The number of likely N-dealkylation sites (N-methyl/N-ethyl adjacent to an activating group) is 2. The lowest BCUT2D eigenvalue weighted by molar-refractivity contribution is -0.172. The first-order chi connectivity index (χ1) is 42.8. The van der Waals surface area contributed by atoms with Crippen molar-refractivity contribution in [2.24, 2.45) is 0 Å². The molecule has 85 heavy (non-hydrogen) atoms. The van der Waals surface area contributed by atoms with Gasteiger partial charge in [0.25, 0.3) is 0 Å². The molecule has 1 fully saturated rings. The van der Waals surface area contributed by atoms with E-state index >= 15 is 0 Å². The molecule has 2 heterocycles. The predicted molar refractivity (Wildman–Crippen MR) is 324 cm³/mol. The fourth-order valence-corrected chi connectivity index (χ4v) is 8.48. The number of aliphatic hydroxyl groups is 1. The molecule has 6 rings (SSSR count). The minimum absolute atomic E-state index is 0.0115. The lowest BCUT2D eigenvalue weighted by Crippen LogP contribution is -2.49. The molecule has 2 amide bonds. The molecular formula is C65H93F2N3O15. The third-order valence-corrected chi connectivity index (χ3v) is 12.9. The van der Waals surface area contributed by atoms with Gasteiger partial charge in [0.1, 0.15) is 47.8 Å². The number of rotatable bonds is 21. The molecule has 4 aromatic rings. The van der Waals surface area contributed by atoms with E-state index in [1.807, 2.05) is 109 Å². The number of anilines is 1. The molecule has 4 atom stereocenters. The number of nitrogens with zero attached hydrogens (tertiary/aromatic N) is 3. The molecule has 2 aliphatic rings. The van der Waals surface area contributed by atoms with E-state index in [-0.39, 0.29) is 38.9 Å². The van der Waals surface area contributed by atoms with Crippen molar-refractivity contribution in [3.63, 3.8) is 0 Å². The number of carbonyl (C=O) groups excluding carboxylic acids is 5.